The van der Waals surface area contributed by atoms with Crippen molar-refractivity contribution in [2.24, 2.45) is 5.92 Å². The molecule has 0 aliphatic rings. The van der Waals surface area contributed by atoms with Gasteiger partial charge in [-0.25, -0.2) is 4.79 Å². The summed E-state index contributed by atoms with van der Waals surface area (Å²) in [5, 5.41) is 11.4. The summed E-state index contributed by atoms with van der Waals surface area (Å²) in [5.41, 5.74) is 0. The van der Waals surface area contributed by atoms with Crippen LogP contribution in [0.15, 0.2) is 0 Å². The Labute approximate surface area is 108 Å². The standard InChI is InChI=1S/C12H23NO5/c1-4-17-5-6-18-8-11(14)13-10(12(15)16)7-9(2)3/h9-10H,4-8H2,1-3H3,(H,13,14)(H,15,16)/t10-/m0/s1. The Hall–Kier alpha value is -1.14. The van der Waals surface area contributed by atoms with Gasteiger partial charge >= 0.3 is 5.97 Å². The highest BCUT2D eigenvalue weighted by Crippen LogP contribution is 2.04. The number of hydrogen-bond acceptors (Lipinski definition) is 4. The van der Waals surface area contributed by atoms with E-state index in [0.717, 1.165) is 0 Å². The Morgan fingerprint density at radius 1 is 1.22 bits per heavy atom. The Morgan fingerprint density at radius 3 is 2.33 bits per heavy atom. The molecule has 0 radical (unpaired) electrons. The van der Waals surface area contributed by atoms with E-state index in [4.69, 9.17) is 14.6 Å². The zero-order valence-corrected chi connectivity index (χ0v) is 11.3. The molecule has 1 atom stereocenters. The highest BCUT2D eigenvalue weighted by Gasteiger charge is 2.20. The quantitative estimate of drug-likeness (QED) is 0.564. The fourth-order valence-corrected chi connectivity index (χ4v) is 1.36. The molecule has 0 aromatic carbocycles. The predicted octanol–water partition coefficient (Wildman–Crippen LogP) is 0.655. The average molecular weight is 261 g/mol. The molecule has 6 heteroatoms. The fourth-order valence-electron chi connectivity index (χ4n) is 1.36. The van der Waals surface area contributed by atoms with Crippen LogP contribution in [0.25, 0.3) is 0 Å². The third kappa shape index (κ3) is 8.95. The van der Waals surface area contributed by atoms with E-state index in [-0.39, 0.29) is 12.5 Å². The lowest BCUT2D eigenvalue weighted by molar-refractivity contribution is -0.143. The van der Waals surface area contributed by atoms with Crippen LogP contribution in [0.1, 0.15) is 27.2 Å². The van der Waals surface area contributed by atoms with Crippen LogP contribution in [0.5, 0.6) is 0 Å². The third-order valence-electron chi connectivity index (χ3n) is 2.15. The van der Waals surface area contributed by atoms with Crippen molar-refractivity contribution in [3.8, 4) is 0 Å². The van der Waals surface area contributed by atoms with Gasteiger partial charge in [0.1, 0.15) is 12.6 Å². The Morgan fingerprint density at radius 2 is 1.83 bits per heavy atom. The van der Waals surface area contributed by atoms with Crippen molar-refractivity contribution in [3.63, 3.8) is 0 Å². The molecule has 0 spiro atoms. The van der Waals surface area contributed by atoms with Gasteiger partial charge in [-0.1, -0.05) is 13.8 Å². The van der Waals surface area contributed by atoms with Crippen molar-refractivity contribution in [3.05, 3.63) is 0 Å². The number of rotatable bonds is 10. The lowest BCUT2D eigenvalue weighted by atomic mass is 10.0. The van der Waals surface area contributed by atoms with Crippen LogP contribution >= 0.6 is 0 Å². The zero-order chi connectivity index (χ0) is 14.0. The molecule has 0 aliphatic carbocycles. The number of carboxylic acid groups (broad SMARTS) is 1. The van der Waals surface area contributed by atoms with Gasteiger partial charge in [-0.05, 0) is 19.3 Å². The van der Waals surface area contributed by atoms with Crippen LogP contribution in [-0.2, 0) is 19.1 Å². The number of nitrogens with one attached hydrogen (secondary N) is 1. The highest BCUT2D eigenvalue weighted by atomic mass is 16.5. The predicted molar refractivity (Wildman–Crippen MR) is 66.3 cm³/mol. The first-order valence-corrected chi connectivity index (χ1v) is 6.15. The summed E-state index contributed by atoms with van der Waals surface area (Å²) in [6.07, 6.45) is 0.403. The normalized spacial score (nSPS) is 12.4. The van der Waals surface area contributed by atoms with Crippen molar-refractivity contribution in [2.45, 2.75) is 33.2 Å². The van der Waals surface area contributed by atoms with Gasteiger partial charge in [0.2, 0.25) is 5.91 Å². The zero-order valence-electron chi connectivity index (χ0n) is 11.3. The minimum atomic E-state index is -1.02. The molecule has 0 aromatic heterocycles. The third-order valence-corrected chi connectivity index (χ3v) is 2.15. The number of hydrogen-bond donors (Lipinski definition) is 2. The topological polar surface area (TPSA) is 84.9 Å². The molecule has 1 amide bonds. The first kappa shape index (κ1) is 16.9. The van der Waals surface area contributed by atoms with Gasteiger partial charge < -0.3 is 19.9 Å². The minimum absolute atomic E-state index is 0.144. The van der Waals surface area contributed by atoms with E-state index < -0.39 is 17.9 Å². The molecule has 0 fully saturated rings. The lowest BCUT2D eigenvalue weighted by Gasteiger charge is -2.16. The molecule has 106 valence electrons. The van der Waals surface area contributed by atoms with Gasteiger partial charge in [-0.2, -0.15) is 0 Å². The van der Waals surface area contributed by atoms with Gasteiger partial charge in [0.15, 0.2) is 0 Å². The van der Waals surface area contributed by atoms with Gasteiger partial charge in [0.05, 0.1) is 13.2 Å². The summed E-state index contributed by atoms with van der Waals surface area (Å²) in [5.74, 6) is -1.24. The van der Waals surface area contributed by atoms with Crippen molar-refractivity contribution in [1.82, 2.24) is 5.32 Å². The van der Waals surface area contributed by atoms with E-state index in [1.807, 2.05) is 20.8 Å². The van der Waals surface area contributed by atoms with Crippen LogP contribution in [0.4, 0.5) is 0 Å². The summed E-state index contributed by atoms with van der Waals surface area (Å²) >= 11 is 0. The van der Waals surface area contributed by atoms with E-state index in [9.17, 15) is 9.59 Å². The number of aliphatic carboxylic acids is 1. The van der Waals surface area contributed by atoms with E-state index in [1.165, 1.54) is 0 Å². The van der Waals surface area contributed by atoms with E-state index in [2.05, 4.69) is 5.32 Å². The maximum Gasteiger partial charge on any atom is 0.326 e. The molecule has 0 bridgehead atoms. The number of carboxylic acids is 1. The first-order valence-electron chi connectivity index (χ1n) is 6.15. The Balaban J connectivity index is 3.85. The molecule has 0 heterocycles. The molecule has 2 N–H and O–H groups in total. The van der Waals surface area contributed by atoms with Crippen LogP contribution in [0, 0.1) is 5.92 Å². The summed E-state index contributed by atoms with van der Waals surface area (Å²) in [6.45, 7) is 6.89. The monoisotopic (exact) mass is 261 g/mol. The van der Waals surface area contributed by atoms with Crippen molar-refractivity contribution < 1.29 is 24.2 Å². The Kier molecular flexibility index (Phi) is 9.22. The molecule has 0 aliphatic heterocycles. The first-order chi connectivity index (χ1) is 8.47. The van der Waals surface area contributed by atoms with Crippen molar-refractivity contribution in [2.75, 3.05) is 26.4 Å². The maximum absolute atomic E-state index is 11.4. The summed E-state index contributed by atoms with van der Waals surface area (Å²) < 4.78 is 10.1. The van der Waals surface area contributed by atoms with Crippen molar-refractivity contribution in [1.29, 1.82) is 0 Å². The molecule has 6 nitrogen and oxygen atoms in total. The molecule has 0 rings (SSSR count). The number of carbonyl (C=O) groups excluding carboxylic acids is 1. The highest BCUT2D eigenvalue weighted by molar-refractivity contribution is 5.84. The minimum Gasteiger partial charge on any atom is -0.480 e. The summed E-state index contributed by atoms with van der Waals surface area (Å²) in [4.78, 5) is 22.3. The summed E-state index contributed by atoms with van der Waals surface area (Å²) in [7, 11) is 0. The van der Waals surface area contributed by atoms with Crippen LogP contribution < -0.4 is 5.32 Å². The second-order valence-electron chi connectivity index (χ2n) is 4.34. The number of ether oxygens (including phenoxy) is 2. The summed E-state index contributed by atoms with van der Waals surface area (Å²) in [6, 6.07) is -0.854. The largest absolute Gasteiger partial charge is 0.480 e. The smallest absolute Gasteiger partial charge is 0.326 e. The van der Waals surface area contributed by atoms with Crippen molar-refractivity contribution >= 4 is 11.9 Å². The fraction of sp³-hybridized carbons (Fsp3) is 0.833. The second kappa shape index (κ2) is 9.85. The average Bonchev–Trinajstić information content (AvgIpc) is 2.27. The molecule has 0 saturated heterocycles. The maximum atomic E-state index is 11.4. The Bertz CT molecular complexity index is 255. The molecule has 0 saturated carbocycles. The molecule has 0 aromatic rings. The SMILES string of the molecule is CCOCCOCC(=O)N[C@@H](CC(C)C)C(=O)O. The second-order valence-corrected chi connectivity index (χ2v) is 4.34. The van der Waals surface area contributed by atoms with Crippen LogP contribution in [0.3, 0.4) is 0 Å². The molecular weight excluding hydrogens is 238 g/mol. The van der Waals surface area contributed by atoms with E-state index in [0.29, 0.717) is 26.2 Å². The molecular formula is C12H23NO5. The van der Waals surface area contributed by atoms with Gasteiger partial charge in [0.25, 0.3) is 0 Å². The number of carbonyl (C=O) groups is 2. The van der Waals surface area contributed by atoms with Gasteiger partial charge in [0, 0.05) is 6.61 Å². The lowest BCUT2D eigenvalue weighted by Crippen LogP contribution is -2.43. The molecule has 18 heavy (non-hydrogen) atoms. The number of amides is 1. The van der Waals surface area contributed by atoms with E-state index >= 15 is 0 Å². The van der Waals surface area contributed by atoms with Crippen LogP contribution in [0.2, 0.25) is 0 Å². The van der Waals surface area contributed by atoms with Crippen LogP contribution in [-0.4, -0.2) is 49.5 Å². The van der Waals surface area contributed by atoms with Gasteiger partial charge in [-0.3, -0.25) is 4.79 Å². The van der Waals surface area contributed by atoms with Gasteiger partial charge in [-0.15, -0.1) is 0 Å². The molecule has 0 unspecified atom stereocenters. The van der Waals surface area contributed by atoms with E-state index in [1.54, 1.807) is 0 Å².